The third kappa shape index (κ3) is 2.15. The number of rotatable bonds is 4. The van der Waals surface area contributed by atoms with Crippen molar-refractivity contribution in [3.8, 4) is 0 Å². The van der Waals surface area contributed by atoms with Crippen molar-refractivity contribution in [3.05, 3.63) is 15.6 Å². The van der Waals surface area contributed by atoms with Crippen molar-refractivity contribution in [1.29, 1.82) is 0 Å². The van der Waals surface area contributed by atoms with Crippen LogP contribution in [0.5, 0.6) is 0 Å². The Balaban J connectivity index is 2.99. The van der Waals surface area contributed by atoms with E-state index in [-0.39, 0.29) is 5.54 Å². The van der Waals surface area contributed by atoms with E-state index >= 15 is 0 Å². The van der Waals surface area contributed by atoms with Gasteiger partial charge in [-0.3, -0.25) is 0 Å². The molecule has 1 unspecified atom stereocenters. The van der Waals surface area contributed by atoms with Crippen LogP contribution in [0, 0.1) is 13.8 Å². The van der Waals surface area contributed by atoms with Crippen LogP contribution >= 0.6 is 11.3 Å². The zero-order chi connectivity index (χ0) is 10.8. The Morgan fingerprint density at radius 3 is 2.36 bits per heavy atom. The van der Waals surface area contributed by atoms with Crippen molar-refractivity contribution in [1.82, 2.24) is 4.98 Å². The van der Waals surface area contributed by atoms with Crippen molar-refractivity contribution in [2.24, 2.45) is 5.73 Å². The first-order valence-electron chi connectivity index (χ1n) is 5.27. The summed E-state index contributed by atoms with van der Waals surface area (Å²) in [4.78, 5) is 5.86. The van der Waals surface area contributed by atoms with Crippen molar-refractivity contribution < 1.29 is 0 Å². The van der Waals surface area contributed by atoms with E-state index in [0.29, 0.717) is 0 Å². The molecule has 2 nitrogen and oxygen atoms in total. The lowest BCUT2D eigenvalue weighted by atomic mass is 9.93. The van der Waals surface area contributed by atoms with Gasteiger partial charge in [-0.25, -0.2) is 4.98 Å². The van der Waals surface area contributed by atoms with Gasteiger partial charge in [-0.05, 0) is 26.7 Å². The maximum absolute atomic E-state index is 6.36. The van der Waals surface area contributed by atoms with Crippen LogP contribution in [-0.2, 0) is 5.54 Å². The molecule has 1 rings (SSSR count). The molecule has 0 saturated heterocycles. The lowest BCUT2D eigenvalue weighted by Crippen LogP contribution is -2.35. The number of hydrogen-bond donors (Lipinski definition) is 1. The predicted octanol–water partition coefficient (Wildman–Crippen LogP) is 3.12. The maximum Gasteiger partial charge on any atom is 0.113 e. The van der Waals surface area contributed by atoms with Gasteiger partial charge in [0.25, 0.3) is 0 Å². The Bertz CT molecular complexity index is 287. The van der Waals surface area contributed by atoms with Crippen LogP contribution in [-0.4, -0.2) is 4.98 Å². The van der Waals surface area contributed by atoms with Gasteiger partial charge in [-0.2, -0.15) is 0 Å². The summed E-state index contributed by atoms with van der Waals surface area (Å²) >= 11 is 1.75. The summed E-state index contributed by atoms with van der Waals surface area (Å²) in [5, 5.41) is 1.11. The molecule has 0 aliphatic carbocycles. The molecule has 0 amide bonds. The van der Waals surface area contributed by atoms with E-state index in [1.807, 2.05) is 0 Å². The summed E-state index contributed by atoms with van der Waals surface area (Å²) < 4.78 is 0. The smallest absolute Gasteiger partial charge is 0.113 e. The molecule has 1 aromatic rings. The molecule has 0 saturated carbocycles. The van der Waals surface area contributed by atoms with Gasteiger partial charge in [0.2, 0.25) is 0 Å². The van der Waals surface area contributed by atoms with Crippen molar-refractivity contribution in [2.45, 2.75) is 52.5 Å². The number of aryl methyl sites for hydroxylation is 2. The number of nitrogens with zero attached hydrogens (tertiary/aromatic N) is 1. The van der Waals surface area contributed by atoms with Gasteiger partial charge < -0.3 is 5.73 Å². The minimum atomic E-state index is -0.196. The Hall–Kier alpha value is -0.410. The molecule has 3 heteroatoms. The van der Waals surface area contributed by atoms with Crippen LogP contribution < -0.4 is 5.73 Å². The van der Waals surface area contributed by atoms with E-state index in [2.05, 4.69) is 32.7 Å². The summed E-state index contributed by atoms with van der Waals surface area (Å²) in [6.07, 6.45) is 3.10. The van der Waals surface area contributed by atoms with Crippen molar-refractivity contribution in [3.63, 3.8) is 0 Å². The predicted molar refractivity (Wildman–Crippen MR) is 62.7 cm³/mol. The maximum atomic E-state index is 6.36. The highest BCUT2D eigenvalue weighted by molar-refractivity contribution is 7.11. The van der Waals surface area contributed by atoms with Gasteiger partial charge in [-0.15, -0.1) is 11.3 Å². The third-order valence-corrected chi connectivity index (χ3v) is 4.07. The number of nitrogens with two attached hydrogens (primary N) is 1. The van der Waals surface area contributed by atoms with E-state index in [0.717, 1.165) is 30.0 Å². The molecule has 0 fully saturated rings. The fourth-order valence-corrected chi connectivity index (χ4v) is 2.68. The quantitative estimate of drug-likeness (QED) is 0.833. The highest BCUT2D eigenvalue weighted by atomic mass is 32.1. The first-order chi connectivity index (χ1) is 6.53. The Labute approximate surface area is 90.6 Å². The van der Waals surface area contributed by atoms with Crippen molar-refractivity contribution >= 4 is 11.3 Å². The molecule has 0 spiro atoms. The second kappa shape index (κ2) is 4.41. The molecule has 0 radical (unpaired) electrons. The normalized spacial score (nSPS) is 15.5. The first-order valence-corrected chi connectivity index (χ1v) is 6.08. The zero-order valence-electron chi connectivity index (χ0n) is 9.55. The van der Waals surface area contributed by atoms with Crippen LogP contribution in [0.4, 0.5) is 0 Å². The van der Waals surface area contributed by atoms with Gasteiger partial charge in [0.05, 0.1) is 11.2 Å². The van der Waals surface area contributed by atoms with Crippen molar-refractivity contribution in [2.75, 3.05) is 0 Å². The van der Waals surface area contributed by atoms with Crippen LogP contribution in [0.1, 0.15) is 48.7 Å². The van der Waals surface area contributed by atoms with E-state index in [1.165, 1.54) is 4.88 Å². The molecule has 1 atom stereocenters. The monoisotopic (exact) mass is 212 g/mol. The zero-order valence-corrected chi connectivity index (χ0v) is 10.4. The van der Waals surface area contributed by atoms with Gasteiger partial charge in [0, 0.05) is 4.88 Å². The van der Waals surface area contributed by atoms with E-state index in [4.69, 9.17) is 5.73 Å². The molecule has 0 bridgehead atoms. The van der Waals surface area contributed by atoms with Crippen LogP contribution in [0.25, 0.3) is 0 Å². The average Bonchev–Trinajstić information content (AvgIpc) is 2.48. The molecule has 2 N–H and O–H groups in total. The van der Waals surface area contributed by atoms with E-state index in [1.54, 1.807) is 11.3 Å². The largest absolute Gasteiger partial charge is 0.319 e. The molecule has 0 aliphatic rings. The van der Waals surface area contributed by atoms with Gasteiger partial charge in [0.1, 0.15) is 5.01 Å². The Morgan fingerprint density at radius 1 is 1.36 bits per heavy atom. The molecule has 0 aromatic carbocycles. The molecule has 0 aliphatic heterocycles. The van der Waals surface area contributed by atoms with E-state index < -0.39 is 0 Å². The topological polar surface area (TPSA) is 38.9 Å². The number of thiazole rings is 1. The second-order valence-electron chi connectivity index (χ2n) is 3.92. The van der Waals surface area contributed by atoms with Crippen LogP contribution in [0.15, 0.2) is 0 Å². The Kier molecular flexibility index (Phi) is 3.67. The molecular weight excluding hydrogens is 192 g/mol. The fraction of sp³-hybridized carbons (Fsp3) is 0.727. The molecule has 1 aromatic heterocycles. The van der Waals surface area contributed by atoms with E-state index in [9.17, 15) is 0 Å². The second-order valence-corrected chi connectivity index (χ2v) is 5.12. The molecular formula is C11H20N2S. The van der Waals surface area contributed by atoms with Gasteiger partial charge in [-0.1, -0.05) is 20.3 Å². The van der Waals surface area contributed by atoms with Gasteiger partial charge >= 0.3 is 0 Å². The lowest BCUT2D eigenvalue weighted by Gasteiger charge is -2.24. The average molecular weight is 212 g/mol. The number of hydrogen-bond acceptors (Lipinski definition) is 3. The van der Waals surface area contributed by atoms with Gasteiger partial charge in [0.15, 0.2) is 0 Å². The standard InChI is InChI=1S/C11H20N2S/c1-5-7-11(12,6-2)10-13-8(3)9(4)14-10/h5-7,12H2,1-4H3. The summed E-state index contributed by atoms with van der Waals surface area (Å²) in [5.41, 5.74) is 7.29. The summed E-state index contributed by atoms with van der Waals surface area (Å²) in [6.45, 7) is 8.47. The SMILES string of the molecule is CCCC(N)(CC)c1nc(C)c(C)s1. The highest BCUT2D eigenvalue weighted by Gasteiger charge is 2.27. The fourth-order valence-electron chi connectivity index (χ4n) is 1.57. The number of aromatic nitrogens is 1. The molecule has 80 valence electrons. The van der Waals surface area contributed by atoms with Crippen LogP contribution in [0.3, 0.4) is 0 Å². The summed E-state index contributed by atoms with van der Waals surface area (Å²) in [6, 6.07) is 0. The third-order valence-electron chi connectivity index (χ3n) is 2.78. The molecule has 1 heterocycles. The minimum absolute atomic E-state index is 0.196. The minimum Gasteiger partial charge on any atom is -0.319 e. The molecule has 14 heavy (non-hydrogen) atoms. The highest BCUT2D eigenvalue weighted by Crippen LogP contribution is 2.31. The Morgan fingerprint density at radius 2 is 2.00 bits per heavy atom. The first kappa shape index (κ1) is 11.7. The summed E-state index contributed by atoms with van der Waals surface area (Å²) in [5.74, 6) is 0. The van der Waals surface area contributed by atoms with Crippen LogP contribution in [0.2, 0.25) is 0 Å². The summed E-state index contributed by atoms with van der Waals surface area (Å²) in [7, 11) is 0. The lowest BCUT2D eigenvalue weighted by molar-refractivity contribution is 0.387.